The van der Waals surface area contributed by atoms with Gasteiger partial charge in [0.2, 0.25) is 5.91 Å². The number of nitrogens with one attached hydrogen (secondary N) is 1. The van der Waals surface area contributed by atoms with Crippen molar-refractivity contribution in [3.05, 3.63) is 51.2 Å². The van der Waals surface area contributed by atoms with E-state index < -0.39 is 24.0 Å². The van der Waals surface area contributed by atoms with E-state index in [0.29, 0.717) is 15.3 Å². The summed E-state index contributed by atoms with van der Waals surface area (Å²) in [5.74, 6) is -2.62. The van der Waals surface area contributed by atoms with E-state index in [4.69, 9.17) is 0 Å². The van der Waals surface area contributed by atoms with E-state index in [0.717, 1.165) is 42.5 Å². The van der Waals surface area contributed by atoms with Crippen LogP contribution in [0.4, 0.5) is 18.9 Å². The van der Waals surface area contributed by atoms with E-state index in [-0.39, 0.29) is 11.7 Å². The molecular formula is C23H27F3N2O2S. The molecule has 0 spiro atoms. The van der Waals surface area contributed by atoms with Crippen LogP contribution in [0.2, 0.25) is 0 Å². The maximum atomic E-state index is 13.7. The van der Waals surface area contributed by atoms with Crippen molar-refractivity contribution < 1.29 is 22.8 Å². The minimum atomic E-state index is -5.12. The van der Waals surface area contributed by atoms with Crippen LogP contribution >= 0.6 is 11.3 Å². The number of amides is 2. The molecule has 0 radical (unpaired) electrons. The summed E-state index contributed by atoms with van der Waals surface area (Å²) in [6.45, 7) is 5.25. The molecule has 0 bridgehead atoms. The molecule has 4 nitrogen and oxygen atoms in total. The van der Waals surface area contributed by atoms with Crippen LogP contribution in [0.25, 0.3) is 0 Å². The number of carbonyl (C=O) groups excluding carboxylic acids is 2. The topological polar surface area (TPSA) is 49.4 Å². The Morgan fingerprint density at radius 1 is 1.06 bits per heavy atom. The van der Waals surface area contributed by atoms with Crippen LogP contribution in [0.1, 0.15) is 59.0 Å². The molecule has 2 amide bonds. The van der Waals surface area contributed by atoms with Crippen LogP contribution < -0.4 is 10.2 Å². The van der Waals surface area contributed by atoms with Gasteiger partial charge in [-0.05, 0) is 62.9 Å². The maximum absolute atomic E-state index is 13.7. The molecule has 1 fully saturated rings. The molecule has 3 rings (SSSR count). The molecule has 168 valence electrons. The molecule has 1 aliphatic rings. The molecule has 1 N–H and O–H groups in total. The summed E-state index contributed by atoms with van der Waals surface area (Å²) in [5.41, 5.74) is 1.37. The predicted molar refractivity (Wildman–Crippen MR) is 116 cm³/mol. The van der Waals surface area contributed by atoms with Gasteiger partial charge in [-0.3, -0.25) is 14.5 Å². The highest BCUT2D eigenvalue weighted by Crippen LogP contribution is 2.37. The Bertz CT molecular complexity index is 949. The van der Waals surface area contributed by atoms with Crippen molar-refractivity contribution in [1.29, 1.82) is 0 Å². The lowest BCUT2D eigenvalue weighted by molar-refractivity contribution is -0.171. The first kappa shape index (κ1) is 23.3. The lowest BCUT2D eigenvalue weighted by Gasteiger charge is -2.34. The van der Waals surface area contributed by atoms with Crippen molar-refractivity contribution >= 4 is 28.8 Å². The lowest BCUT2D eigenvalue weighted by Crippen LogP contribution is -2.50. The number of halogens is 3. The summed E-state index contributed by atoms with van der Waals surface area (Å²) >= 11 is 1.23. The van der Waals surface area contributed by atoms with Gasteiger partial charge in [-0.1, -0.05) is 31.4 Å². The summed E-state index contributed by atoms with van der Waals surface area (Å²) in [6, 6.07) is 6.73. The summed E-state index contributed by atoms with van der Waals surface area (Å²) in [5, 5.41) is 2.92. The number of nitrogens with zero attached hydrogens (tertiary/aromatic N) is 1. The standard InChI is InChI=1S/C23H27F3N2O2S/c1-14-8-7-11-18(16(14)3)28(22(30)23(24,25)26)20(19-13-12-15(2)31-19)21(29)27-17-9-5-4-6-10-17/h7-8,11-13,17,20H,4-6,9-10H2,1-3H3,(H,27,29)/t20-/m1/s1. The lowest BCUT2D eigenvalue weighted by atomic mass is 9.95. The summed E-state index contributed by atoms with van der Waals surface area (Å²) in [6.07, 6.45) is -0.518. The number of hydrogen-bond donors (Lipinski definition) is 1. The Balaban J connectivity index is 2.11. The number of rotatable bonds is 5. The van der Waals surface area contributed by atoms with Gasteiger partial charge >= 0.3 is 12.1 Å². The smallest absolute Gasteiger partial charge is 0.351 e. The maximum Gasteiger partial charge on any atom is 0.471 e. The van der Waals surface area contributed by atoms with Crippen molar-refractivity contribution in [3.8, 4) is 0 Å². The SMILES string of the molecule is Cc1ccc([C@H](C(=O)NC2CCCCC2)N(C(=O)C(F)(F)F)c2cccc(C)c2C)s1. The van der Waals surface area contributed by atoms with E-state index in [1.54, 1.807) is 38.1 Å². The Kier molecular flexibility index (Phi) is 7.09. The van der Waals surface area contributed by atoms with Gasteiger partial charge in [0.25, 0.3) is 0 Å². The largest absolute Gasteiger partial charge is 0.471 e. The van der Waals surface area contributed by atoms with Crippen molar-refractivity contribution in [3.63, 3.8) is 0 Å². The van der Waals surface area contributed by atoms with Crippen LogP contribution in [-0.4, -0.2) is 24.0 Å². The Hall–Kier alpha value is -2.35. The van der Waals surface area contributed by atoms with Gasteiger partial charge in [0.15, 0.2) is 6.04 Å². The summed E-state index contributed by atoms with van der Waals surface area (Å²) in [4.78, 5) is 28.0. The fourth-order valence-electron chi connectivity index (χ4n) is 4.00. The predicted octanol–water partition coefficient (Wildman–Crippen LogP) is 5.76. The zero-order chi connectivity index (χ0) is 22.8. The molecule has 0 saturated heterocycles. The molecule has 31 heavy (non-hydrogen) atoms. The molecule has 0 aliphatic heterocycles. The van der Waals surface area contributed by atoms with Gasteiger partial charge in [-0.25, -0.2) is 0 Å². The molecule has 1 aliphatic carbocycles. The number of aryl methyl sites for hydroxylation is 2. The minimum Gasteiger partial charge on any atom is -0.351 e. The molecule has 1 atom stereocenters. The molecule has 2 aromatic rings. The summed E-state index contributed by atoms with van der Waals surface area (Å²) < 4.78 is 41.1. The Labute approximate surface area is 184 Å². The molecule has 1 saturated carbocycles. The van der Waals surface area contributed by atoms with Gasteiger partial charge in [0.1, 0.15) is 0 Å². The first-order valence-electron chi connectivity index (χ1n) is 10.4. The third-order valence-electron chi connectivity index (χ3n) is 5.79. The van der Waals surface area contributed by atoms with E-state index in [1.165, 1.54) is 17.4 Å². The van der Waals surface area contributed by atoms with Crippen molar-refractivity contribution in [2.75, 3.05) is 4.90 Å². The zero-order valence-corrected chi connectivity index (χ0v) is 18.7. The second-order valence-electron chi connectivity index (χ2n) is 8.09. The third kappa shape index (κ3) is 5.29. The normalized spacial score (nSPS) is 16.1. The van der Waals surface area contributed by atoms with Crippen LogP contribution in [0, 0.1) is 20.8 Å². The average Bonchev–Trinajstić information content (AvgIpc) is 3.13. The third-order valence-corrected chi connectivity index (χ3v) is 6.84. The quantitative estimate of drug-likeness (QED) is 0.627. The fourth-order valence-corrected chi connectivity index (χ4v) is 4.97. The van der Waals surface area contributed by atoms with Crippen molar-refractivity contribution in [1.82, 2.24) is 5.32 Å². The first-order chi connectivity index (χ1) is 14.6. The Morgan fingerprint density at radius 2 is 1.74 bits per heavy atom. The monoisotopic (exact) mass is 452 g/mol. The molecule has 0 unspecified atom stereocenters. The van der Waals surface area contributed by atoms with Gasteiger partial charge in [0.05, 0.1) is 0 Å². The van der Waals surface area contributed by atoms with E-state index in [1.807, 2.05) is 6.92 Å². The van der Waals surface area contributed by atoms with Crippen LogP contribution in [-0.2, 0) is 9.59 Å². The van der Waals surface area contributed by atoms with Crippen LogP contribution in [0.5, 0.6) is 0 Å². The summed E-state index contributed by atoms with van der Waals surface area (Å²) in [7, 11) is 0. The minimum absolute atomic E-state index is 0.0914. The molecule has 1 heterocycles. The molecular weight excluding hydrogens is 425 g/mol. The number of anilines is 1. The number of benzene rings is 1. The van der Waals surface area contributed by atoms with Crippen molar-refractivity contribution in [2.45, 2.75) is 71.1 Å². The number of alkyl halides is 3. The second kappa shape index (κ2) is 9.42. The second-order valence-corrected chi connectivity index (χ2v) is 9.41. The van der Waals surface area contributed by atoms with Crippen molar-refractivity contribution in [2.24, 2.45) is 0 Å². The molecule has 1 aromatic heterocycles. The number of carbonyl (C=O) groups is 2. The van der Waals surface area contributed by atoms with Gasteiger partial charge < -0.3 is 5.32 Å². The van der Waals surface area contributed by atoms with Gasteiger partial charge in [0, 0.05) is 21.5 Å². The number of hydrogen-bond acceptors (Lipinski definition) is 3. The highest BCUT2D eigenvalue weighted by molar-refractivity contribution is 7.12. The van der Waals surface area contributed by atoms with E-state index in [2.05, 4.69) is 5.32 Å². The van der Waals surface area contributed by atoms with Crippen LogP contribution in [0.3, 0.4) is 0 Å². The fraction of sp³-hybridized carbons (Fsp3) is 0.478. The van der Waals surface area contributed by atoms with E-state index in [9.17, 15) is 22.8 Å². The first-order valence-corrected chi connectivity index (χ1v) is 11.2. The molecule has 8 heteroatoms. The van der Waals surface area contributed by atoms with Gasteiger partial charge in [-0.2, -0.15) is 13.2 Å². The number of thiophene rings is 1. The van der Waals surface area contributed by atoms with E-state index >= 15 is 0 Å². The van der Waals surface area contributed by atoms with Crippen LogP contribution in [0.15, 0.2) is 30.3 Å². The highest BCUT2D eigenvalue weighted by atomic mass is 32.1. The highest BCUT2D eigenvalue weighted by Gasteiger charge is 2.48. The average molecular weight is 453 g/mol. The zero-order valence-electron chi connectivity index (χ0n) is 17.9. The Morgan fingerprint density at radius 3 is 2.32 bits per heavy atom. The van der Waals surface area contributed by atoms with Gasteiger partial charge in [-0.15, -0.1) is 11.3 Å². The molecule has 1 aromatic carbocycles.